The fourth-order valence-corrected chi connectivity index (χ4v) is 3.95. The fourth-order valence-electron chi connectivity index (χ4n) is 3.80. The fraction of sp³-hybridized carbons (Fsp3) is 0.476. The standard InChI is InChI=1S/C21H26ClN5O2/c1-21(2,3)29-20(28)26(5)14-6-15(7-14)27-12-17(13-9-24-25(4)11-13)16-10-23-19(22)8-18(16)27/h8-12,14-15H,6-7H2,1-5H3. The number of hydrogen-bond acceptors (Lipinski definition) is 4. The highest BCUT2D eigenvalue weighted by molar-refractivity contribution is 6.30. The van der Waals surface area contributed by atoms with E-state index in [1.165, 1.54) is 0 Å². The van der Waals surface area contributed by atoms with Gasteiger partial charge in [-0.25, -0.2) is 9.78 Å². The number of carbonyl (C=O) groups is 1. The maximum Gasteiger partial charge on any atom is 0.410 e. The van der Waals surface area contributed by atoms with E-state index in [9.17, 15) is 4.79 Å². The SMILES string of the molecule is CN(C(=O)OC(C)(C)C)C1CC(n2cc(-c3cnn(C)c3)c3cnc(Cl)cc32)C1. The van der Waals surface area contributed by atoms with Crippen molar-refractivity contribution in [2.45, 2.75) is 51.3 Å². The minimum atomic E-state index is -0.493. The summed E-state index contributed by atoms with van der Waals surface area (Å²) < 4.78 is 9.54. The highest BCUT2D eigenvalue weighted by Gasteiger charge is 2.37. The number of aryl methyl sites for hydroxylation is 1. The molecule has 0 aromatic carbocycles. The van der Waals surface area contributed by atoms with E-state index in [1.807, 2.05) is 59.5 Å². The predicted molar refractivity (Wildman–Crippen MR) is 113 cm³/mol. The first-order valence-corrected chi connectivity index (χ1v) is 10.1. The molecule has 3 aromatic rings. The maximum atomic E-state index is 12.3. The third-order valence-electron chi connectivity index (χ3n) is 5.41. The maximum absolute atomic E-state index is 12.3. The van der Waals surface area contributed by atoms with Gasteiger partial charge in [-0.1, -0.05) is 11.6 Å². The third-order valence-corrected chi connectivity index (χ3v) is 5.62. The van der Waals surface area contributed by atoms with Gasteiger partial charge in [-0.2, -0.15) is 5.10 Å². The van der Waals surface area contributed by atoms with Crippen LogP contribution in [0.5, 0.6) is 0 Å². The number of nitrogens with zero attached hydrogens (tertiary/aromatic N) is 5. The number of carbonyl (C=O) groups excluding carboxylic acids is 1. The Morgan fingerprint density at radius 1 is 1.28 bits per heavy atom. The Morgan fingerprint density at radius 3 is 2.62 bits per heavy atom. The van der Waals surface area contributed by atoms with E-state index in [0.717, 1.165) is 34.9 Å². The van der Waals surface area contributed by atoms with Gasteiger partial charge in [-0.3, -0.25) is 4.68 Å². The molecule has 3 aromatic heterocycles. The van der Waals surface area contributed by atoms with Gasteiger partial charge in [-0.15, -0.1) is 0 Å². The number of fused-ring (bicyclic) bond motifs is 1. The third kappa shape index (κ3) is 3.83. The van der Waals surface area contributed by atoms with Crippen LogP contribution in [0.2, 0.25) is 5.15 Å². The second kappa shape index (κ2) is 7.06. The van der Waals surface area contributed by atoms with Gasteiger partial charge in [-0.05, 0) is 39.7 Å². The molecule has 0 atom stereocenters. The molecule has 0 saturated heterocycles. The molecule has 1 amide bonds. The Morgan fingerprint density at radius 2 is 2.00 bits per heavy atom. The van der Waals surface area contributed by atoms with Gasteiger partial charge < -0.3 is 14.2 Å². The highest BCUT2D eigenvalue weighted by atomic mass is 35.5. The van der Waals surface area contributed by atoms with Crippen LogP contribution in [0.3, 0.4) is 0 Å². The molecular formula is C21H26ClN5O2. The number of rotatable bonds is 3. The number of hydrogen-bond donors (Lipinski definition) is 0. The lowest BCUT2D eigenvalue weighted by Crippen LogP contribution is -2.47. The van der Waals surface area contributed by atoms with E-state index in [1.54, 1.807) is 9.58 Å². The van der Waals surface area contributed by atoms with Gasteiger partial charge in [0.15, 0.2) is 0 Å². The van der Waals surface area contributed by atoms with Crippen LogP contribution < -0.4 is 0 Å². The summed E-state index contributed by atoms with van der Waals surface area (Å²) in [6, 6.07) is 2.35. The Balaban J connectivity index is 1.58. The van der Waals surface area contributed by atoms with E-state index in [4.69, 9.17) is 16.3 Å². The Kier molecular flexibility index (Phi) is 4.81. The summed E-state index contributed by atoms with van der Waals surface area (Å²) in [5, 5.41) is 5.81. The van der Waals surface area contributed by atoms with Crippen LogP contribution in [0.1, 0.15) is 39.7 Å². The first-order chi connectivity index (χ1) is 13.6. The van der Waals surface area contributed by atoms with Crippen LogP contribution in [-0.2, 0) is 11.8 Å². The zero-order valence-corrected chi connectivity index (χ0v) is 18.1. The molecule has 0 radical (unpaired) electrons. The Bertz CT molecular complexity index is 1060. The van der Waals surface area contributed by atoms with Gasteiger partial charge >= 0.3 is 6.09 Å². The molecule has 4 rings (SSSR count). The van der Waals surface area contributed by atoms with Gasteiger partial charge in [0.05, 0.1) is 11.7 Å². The molecule has 29 heavy (non-hydrogen) atoms. The largest absolute Gasteiger partial charge is 0.444 e. The topological polar surface area (TPSA) is 65.2 Å². The summed E-state index contributed by atoms with van der Waals surface area (Å²) >= 11 is 6.19. The van der Waals surface area contributed by atoms with Crippen molar-refractivity contribution in [3.8, 4) is 11.1 Å². The van der Waals surface area contributed by atoms with Crippen LogP contribution >= 0.6 is 11.6 Å². The molecule has 0 N–H and O–H groups in total. The second-order valence-electron chi connectivity index (χ2n) is 8.75. The molecule has 0 bridgehead atoms. The van der Waals surface area contributed by atoms with Crippen molar-refractivity contribution in [3.63, 3.8) is 0 Å². The van der Waals surface area contributed by atoms with Crippen molar-refractivity contribution in [3.05, 3.63) is 36.0 Å². The Hall–Kier alpha value is -2.54. The number of aromatic nitrogens is 4. The molecule has 1 aliphatic carbocycles. The van der Waals surface area contributed by atoms with E-state index >= 15 is 0 Å². The lowest BCUT2D eigenvalue weighted by atomic mass is 9.85. The van der Waals surface area contributed by atoms with Crippen LogP contribution in [0.15, 0.2) is 30.9 Å². The van der Waals surface area contributed by atoms with E-state index < -0.39 is 5.60 Å². The lowest BCUT2D eigenvalue weighted by Gasteiger charge is -2.42. The highest BCUT2D eigenvalue weighted by Crippen LogP contribution is 2.41. The summed E-state index contributed by atoms with van der Waals surface area (Å²) in [6.45, 7) is 5.64. The molecule has 154 valence electrons. The average molecular weight is 416 g/mol. The van der Waals surface area contributed by atoms with Crippen molar-refractivity contribution in [1.82, 2.24) is 24.2 Å². The molecule has 0 spiro atoms. The van der Waals surface area contributed by atoms with E-state index in [2.05, 4.69) is 20.8 Å². The lowest BCUT2D eigenvalue weighted by molar-refractivity contribution is 0.00813. The predicted octanol–water partition coefficient (Wildman–Crippen LogP) is 4.66. The van der Waals surface area contributed by atoms with Crippen molar-refractivity contribution in [2.24, 2.45) is 7.05 Å². The summed E-state index contributed by atoms with van der Waals surface area (Å²) in [4.78, 5) is 18.3. The van der Waals surface area contributed by atoms with Crippen molar-refractivity contribution in [2.75, 3.05) is 7.05 Å². The van der Waals surface area contributed by atoms with Crippen molar-refractivity contribution < 1.29 is 9.53 Å². The second-order valence-corrected chi connectivity index (χ2v) is 9.13. The van der Waals surface area contributed by atoms with Crippen molar-refractivity contribution in [1.29, 1.82) is 0 Å². The molecule has 0 unspecified atom stereocenters. The van der Waals surface area contributed by atoms with Gasteiger partial charge in [0.25, 0.3) is 0 Å². The summed E-state index contributed by atoms with van der Waals surface area (Å²) in [6.07, 6.45) is 9.27. The molecule has 1 fully saturated rings. The quantitative estimate of drug-likeness (QED) is 0.583. The molecule has 0 aliphatic heterocycles. The summed E-state index contributed by atoms with van der Waals surface area (Å²) in [7, 11) is 3.71. The Labute approximate surface area is 175 Å². The van der Waals surface area contributed by atoms with Crippen molar-refractivity contribution >= 4 is 28.6 Å². The zero-order chi connectivity index (χ0) is 20.9. The van der Waals surface area contributed by atoms with E-state index in [-0.39, 0.29) is 18.2 Å². The van der Waals surface area contributed by atoms with Crippen LogP contribution in [0, 0.1) is 0 Å². The van der Waals surface area contributed by atoms with Gasteiger partial charge in [0.2, 0.25) is 0 Å². The minimum absolute atomic E-state index is 0.159. The van der Waals surface area contributed by atoms with Crippen LogP contribution in [-0.4, -0.2) is 49.0 Å². The normalized spacial score (nSPS) is 19.2. The molecular weight excluding hydrogens is 390 g/mol. The first-order valence-electron chi connectivity index (χ1n) is 9.73. The van der Waals surface area contributed by atoms with Crippen LogP contribution in [0.25, 0.3) is 22.0 Å². The molecule has 1 aliphatic rings. The average Bonchev–Trinajstić information content (AvgIpc) is 3.16. The molecule has 8 heteroatoms. The number of pyridine rings is 1. The number of halogens is 1. The molecule has 3 heterocycles. The van der Waals surface area contributed by atoms with Gasteiger partial charge in [0, 0.05) is 61.3 Å². The minimum Gasteiger partial charge on any atom is -0.444 e. The molecule has 1 saturated carbocycles. The van der Waals surface area contributed by atoms with E-state index in [0.29, 0.717) is 5.15 Å². The smallest absolute Gasteiger partial charge is 0.410 e. The summed E-state index contributed by atoms with van der Waals surface area (Å²) in [5.41, 5.74) is 2.68. The molecule has 7 nitrogen and oxygen atoms in total. The summed E-state index contributed by atoms with van der Waals surface area (Å²) in [5.74, 6) is 0. The first kappa shape index (κ1) is 19.8. The zero-order valence-electron chi connectivity index (χ0n) is 17.4. The monoisotopic (exact) mass is 415 g/mol. The number of ether oxygens (including phenoxy) is 1. The number of amides is 1. The van der Waals surface area contributed by atoms with Crippen LogP contribution in [0.4, 0.5) is 4.79 Å². The van der Waals surface area contributed by atoms with Gasteiger partial charge in [0.1, 0.15) is 10.8 Å².